The number of carboxylic acid groups (broad SMARTS) is 1. The molecular weight excluding hydrogens is 240 g/mol. The molecule has 0 radical (unpaired) electrons. The summed E-state index contributed by atoms with van der Waals surface area (Å²) < 4.78 is 23.7. The number of carboxylic acids is 1. The highest BCUT2D eigenvalue weighted by Crippen LogP contribution is 2.43. The average Bonchev–Trinajstić information content (AvgIpc) is 2.52. The van der Waals surface area contributed by atoms with Gasteiger partial charge >= 0.3 is 5.97 Å². The molecule has 5 heteroatoms. The van der Waals surface area contributed by atoms with Crippen LogP contribution < -0.4 is 0 Å². The maximum Gasteiger partial charge on any atom is 0.313 e. The van der Waals surface area contributed by atoms with Gasteiger partial charge in [-0.1, -0.05) is 18.2 Å². The van der Waals surface area contributed by atoms with Crippen LogP contribution in [0.2, 0.25) is 0 Å². The number of hydrogen-bond donors (Lipinski definition) is 1. The fraction of sp³-hybridized carbons (Fsp3) is 0.250. The van der Waals surface area contributed by atoms with Gasteiger partial charge in [0.2, 0.25) is 9.84 Å². The molecule has 0 saturated heterocycles. The normalized spacial score (nSPS) is 17.4. The van der Waals surface area contributed by atoms with Crippen molar-refractivity contribution in [3.8, 4) is 0 Å². The Bertz CT molecular complexity index is 624. The smallest absolute Gasteiger partial charge is 0.313 e. The van der Waals surface area contributed by atoms with E-state index in [-0.39, 0.29) is 4.90 Å². The molecular formula is C12H12O4S. The van der Waals surface area contributed by atoms with Gasteiger partial charge in [0.25, 0.3) is 0 Å². The molecule has 0 spiro atoms. The molecule has 2 rings (SSSR count). The van der Waals surface area contributed by atoms with Crippen LogP contribution in [0.15, 0.2) is 34.6 Å². The standard InChI is InChI=1S/C12H12O4S/c1-12(2,11(13)14)9-7-17(15,16)10-6-4-3-5-8(9)10/h3-7H,1-2H3,(H,13,14). The topological polar surface area (TPSA) is 71.4 Å². The van der Waals surface area contributed by atoms with E-state index in [0.29, 0.717) is 11.1 Å². The van der Waals surface area contributed by atoms with Crippen LogP contribution in [0.25, 0.3) is 5.57 Å². The summed E-state index contributed by atoms with van der Waals surface area (Å²) in [5, 5.41) is 10.2. The molecule has 0 aliphatic carbocycles. The van der Waals surface area contributed by atoms with Crippen molar-refractivity contribution in [1.82, 2.24) is 0 Å². The lowest BCUT2D eigenvalue weighted by atomic mass is 9.81. The molecule has 90 valence electrons. The van der Waals surface area contributed by atoms with Crippen molar-refractivity contribution >= 4 is 21.4 Å². The Morgan fingerprint density at radius 3 is 2.41 bits per heavy atom. The number of benzene rings is 1. The summed E-state index contributed by atoms with van der Waals surface area (Å²) in [5.41, 5.74) is -0.403. The zero-order chi connectivity index (χ0) is 12.8. The van der Waals surface area contributed by atoms with E-state index in [2.05, 4.69) is 0 Å². The zero-order valence-electron chi connectivity index (χ0n) is 9.47. The van der Waals surface area contributed by atoms with Crippen LogP contribution in [0.4, 0.5) is 0 Å². The van der Waals surface area contributed by atoms with E-state index in [9.17, 15) is 13.2 Å². The van der Waals surface area contributed by atoms with Gasteiger partial charge < -0.3 is 5.11 Å². The summed E-state index contributed by atoms with van der Waals surface area (Å²) in [7, 11) is -3.50. The van der Waals surface area contributed by atoms with Gasteiger partial charge in [-0.05, 0) is 31.1 Å². The van der Waals surface area contributed by atoms with Crippen molar-refractivity contribution in [2.75, 3.05) is 0 Å². The van der Waals surface area contributed by atoms with Crippen LogP contribution in [-0.2, 0) is 14.6 Å². The Hall–Kier alpha value is -1.62. The highest BCUT2D eigenvalue weighted by molar-refractivity contribution is 7.95. The molecule has 1 heterocycles. The number of carbonyl (C=O) groups is 1. The third-order valence-electron chi connectivity index (χ3n) is 2.96. The molecule has 0 saturated carbocycles. The molecule has 0 atom stereocenters. The Morgan fingerprint density at radius 2 is 1.82 bits per heavy atom. The number of sulfone groups is 1. The predicted octanol–water partition coefficient (Wildman–Crippen LogP) is 1.93. The molecule has 1 aromatic carbocycles. The lowest BCUT2D eigenvalue weighted by Gasteiger charge is -2.21. The Labute approximate surface area is 99.5 Å². The van der Waals surface area contributed by atoms with Gasteiger partial charge in [0, 0.05) is 5.41 Å². The number of rotatable bonds is 2. The Balaban J connectivity index is 2.72. The van der Waals surface area contributed by atoms with Crippen molar-refractivity contribution in [3.05, 3.63) is 35.2 Å². The molecule has 0 amide bonds. The second-order valence-electron chi connectivity index (χ2n) is 4.50. The van der Waals surface area contributed by atoms with E-state index in [4.69, 9.17) is 5.11 Å². The second-order valence-corrected chi connectivity index (χ2v) is 6.27. The van der Waals surface area contributed by atoms with Crippen molar-refractivity contribution in [1.29, 1.82) is 0 Å². The Morgan fingerprint density at radius 1 is 1.24 bits per heavy atom. The first-order chi connectivity index (χ1) is 7.77. The van der Waals surface area contributed by atoms with Gasteiger partial charge in [-0.25, -0.2) is 8.42 Å². The minimum absolute atomic E-state index is 0.185. The first-order valence-corrected chi connectivity index (χ1v) is 6.61. The lowest BCUT2D eigenvalue weighted by Crippen LogP contribution is -2.24. The SMILES string of the molecule is CC(C)(C(=O)O)C1=CS(=O)(=O)c2ccccc21. The molecule has 0 aromatic heterocycles. The molecule has 0 unspecified atom stereocenters. The predicted molar refractivity (Wildman–Crippen MR) is 63.0 cm³/mol. The number of fused-ring (bicyclic) bond motifs is 1. The van der Waals surface area contributed by atoms with Gasteiger partial charge in [0.1, 0.15) is 0 Å². The molecule has 17 heavy (non-hydrogen) atoms. The van der Waals surface area contributed by atoms with Crippen molar-refractivity contribution in [2.45, 2.75) is 18.7 Å². The molecule has 1 aromatic rings. The summed E-state index contributed by atoms with van der Waals surface area (Å²) in [6.07, 6.45) is 0. The van der Waals surface area contributed by atoms with Crippen molar-refractivity contribution in [3.63, 3.8) is 0 Å². The van der Waals surface area contributed by atoms with Crippen LogP contribution in [0.3, 0.4) is 0 Å². The van der Waals surface area contributed by atoms with E-state index in [1.165, 1.54) is 19.9 Å². The molecule has 1 aliphatic rings. The van der Waals surface area contributed by atoms with E-state index >= 15 is 0 Å². The largest absolute Gasteiger partial charge is 0.481 e. The summed E-state index contributed by atoms with van der Waals surface area (Å²) >= 11 is 0. The number of hydrogen-bond acceptors (Lipinski definition) is 3. The van der Waals surface area contributed by atoms with Gasteiger partial charge in [0.05, 0.1) is 10.3 Å². The highest BCUT2D eigenvalue weighted by Gasteiger charge is 2.39. The van der Waals surface area contributed by atoms with Gasteiger partial charge in [-0.15, -0.1) is 0 Å². The number of aliphatic carboxylic acids is 1. The van der Waals surface area contributed by atoms with E-state index < -0.39 is 21.2 Å². The third-order valence-corrected chi connectivity index (χ3v) is 4.48. The maximum atomic E-state index is 11.9. The fourth-order valence-corrected chi connectivity index (χ4v) is 3.43. The van der Waals surface area contributed by atoms with Gasteiger partial charge in [0.15, 0.2) is 0 Å². The minimum Gasteiger partial charge on any atom is -0.481 e. The van der Waals surface area contributed by atoms with Crippen LogP contribution >= 0.6 is 0 Å². The summed E-state index contributed by atoms with van der Waals surface area (Å²) in [6, 6.07) is 6.45. The van der Waals surface area contributed by atoms with Crippen molar-refractivity contribution < 1.29 is 18.3 Å². The molecule has 4 nitrogen and oxygen atoms in total. The summed E-state index contributed by atoms with van der Waals surface area (Å²) in [6.45, 7) is 3.00. The summed E-state index contributed by atoms with van der Waals surface area (Å²) in [4.78, 5) is 11.4. The first-order valence-electron chi connectivity index (χ1n) is 5.07. The van der Waals surface area contributed by atoms with Crippen molar-refractivity contribution in [2.24, 2.45) is 5.41 Å². The average molecular weight is 252 g/mol. The van der Waals surface area contributed by atoms with E-state index in [1.54, 1.807) is 18.2 Å². The third kappa shape index (κ3) is 1.67. The zero-order valence-corrected chi connectivity index (χ0v) is 10.3. The van der Waals surface area contributed by atoms with E-state index in [0.717, 1.165) is 5.41 Å². The molecule has 0 bridgehead atoms. The summed E-state index contributed by atoms with van der Waals surface area (Å²) in [5.74, 6) is -1.05. The van der Waals surface area contributed by atoms with Gasteiger partial charge in [-0.2, -0.15) is 0 Å². The second kappa shape index (κ2) is 3.43. The fourth-order valence-electron chi connectivity index (χ4n) is 1.82. The van der Waals surface area contributed by atoms with Crippen LogP contribution in [0.5, 0.6) is 0 Å². The Kier molecular flexibility index (Phi) is 2.39. The van der Waals surface area contributed by atoms with E-state index in [1.807, 2.05) is 0 Å². The lowest BCUT2D eigenvalue weighted by molar-refractivity contribution is -0.143. The van der Waals surface area contributed by atoms with Crippen LogP contribution in [-0.4, -0.2) is 19.5 Å². The first kappa shape index (κ1) is 11.9. The van der Waals surface area contributed by atoms with Gasteiger partial charge in [-0.3, -0.25) is 4.79 Å². The quantitative estimate of drug-likeness (QED) is 0.873. The monoisotopic (exact) mass is 252 g/mol. The molecule has 1 aliphatic heterocycles. The maximum absolute atomic E-state index is 11.9. The molecule has 1 N–H and O–H groups in total. The van der Waals surface area contributed by atoms with Crippen LogP contribution in [0.1, 0.15) is 19.4 Å². The molecule has 0 fully saturated rings. The van der Waals surface area contributed by atoms with Crippen LogP contribution in [0, 0.1) is 5.41 Å². The minimum atomic E-state index is -3.50. The highest BCUT2D eigenvalue weighted by atomic mass is 32.2.